The van der Waals surface area contributed by atoms with Crippen LogP contribution >= 0.6 is 0 Å². The monoisotopic (exact) mass is 467 g/mol. The van der Waals surface area contributed by atoms with Gasteiger partial charge in [0.05, 0.1) is 0 Å². The molecule has 6 unspecified atom stereocenters. The highest BCUT2D eigenvalue weighted by molar-refractivity contribution is 5.79. The van der Waals surface area contributed by atoms with Crippen LogP contribution in [0, 0.1) is 29.1 Å². The molecule has 2 aliphatic carbocycles. The first-order valence-corrected chi connectivity index (χ1v) is 13.2. The van der Waals surface area contributed by atoms with Gasteiger partial charge in [-0.2, -0.15) is 5.10 Å². The topological polar surface area (TPSA) is 92.7 Å². The maximum Gasteiger partial charge on any atom is 0.223 e. The summed E-state index contributed by atoms with van der Waals surface area (Å²) in [6, 6.07) is 2.76. The summed E-state index contributed by atoms with van der Waals surface area (Å²) in [7, 11) is 3.91. The van der Waals surface area contributed by atoms with Crippen molar-refractivity contribution in [2.45, 2.75) is 76.4 Å². The van der Waals surface area contributed by atoms with Crippen LogP contribution in [0.25, 0.3) is 0 Å². The molecule has 1 amide bonds. The fourth-order valence-corrected chi connectivity index (χ4v) is 6.48. The quantitative estimate of drug-likeness (QED) is 0.584. The third kappa shape index (κ3) is 5.02. The van der Waals surface area contributed by atoms with E-state index in [-0.39, 0.29) is 17.9 Å². The molecule has 34 heavy (non-hydrogen) atoms. The van der Waals surface area contributed by atoms with Gasteiger partial charge in [-0.15, -0.1) is 0 Å². The smallest absolute Gasteiger partial charge is 0.223 e. The first-order valence-electron chi connectivity index (χ1n) is 13.2. The Morgan fingerprint density at radius 1 is 1.21 bits per heavy atom. The molecular formula is C26H41N7O. The van der Waals surface area contributed by atoms with Gasteiger partial charge < -0.3 is 19.8 Å². The number of hydrogen-bond acceptors (Lipinski definition) is 4. The minimum Gasteiger partial charge on any atom is -0.351 e. The minimum absolute atomic E-state index is 0.000546. The van der Waals surface area contributed by atoms with Crippen molar-refractivity contribution in [3.8, 4) is 0 Å². The molecule has 1 saturated heterocycles. The molecule has 2 saturated carbocycles. The number of imidazole rings is 1. The van der Waals surface area contributed by atoms with E-state index < -0.39 is 0 Å². The molecule has 186 valence electrons. The van der Waals surface area contributed by atoms with Crippen LogP contribution in [0.5, 0.6) is 0 Å². The van der Waals surface area contributed by atoms with E-state index in [1.165, 1.54) is 25.0 Å². The second-order valence-electron chi connectivity index (χ2n) is 11.3. The molecule has 2 aromatic heterocycles. The molecule has 8 heteroatoms. The van der Waals surface area contributed by atoms with Crippen LogP contribution in [0.2, 0.25) is 0 Å². The molecule has 0 aromatic carbocycles. The molecular weight excluding hydrogens is 426 g/mol. The van der Waals surface area contributed by atoms with E-state index >= 15 is 0 Å². The second-order valence-corrected chi connectivity index (χ2v) is 11.3. The van der Waals surface area contributed by atoms with Crippen molar-refractivity contribution < 1.29 is 4.79 Å². The Bertz CT molecular complexity index is 1050. The lowest BCUT2D eigenvalue weighted by atomic mass is 9.73. The van der Waals surface area contributed by atoms with Crippen molar-refractivity contribution in [2.24, 2.45) is 37.8 Å². The number of carbonyl (C=O) groups is 1. The third-order valence-electron chi connectivity index (χ3n) is 8.56. The van der Waals surface area contributed by atoms with Crippen LogP contribution in [-0.4, -0.2) is 43.5 Å². The predicted molar refractivity (Wildman–Crippen MR) is 131 cm³/mol. The zero-order valence-corrected chi connectivity index (χ0v) is 20.9. The average molecular weight is 468 g/mol. The van der Waals surface area contributed by atoms with Crippen molar-refractivity contribution in [3.05, 3.63) is 36.0 Å². The molecule has 0 bridgehead atoms. The number of nitrogens with one attached hydrogen (secondary N) is 3. The lowest BCUT2D eigenvalue weighted by Gasteiger charge is -2.38. The van der Waals surface area contributed by atoms with E-state index in [2.05, 4.69) is 28.7 Å². The van der Waals surface area contributed by atoms with E-state index in [1.807, 2.05) is 46.5 Å². The molecule has 3 aliphatic rings. The SMILES string of the molecule is CC1CCNC(C(NC(=O)C2CC(Cn3ccn(C)c3=N)CC(c3ccnn3C)C2)C2CC2)C1. The highest BCUT2D eigenvalue weighted by Gasteiger charge is 2.41. The third-order valence-corrected chi connectivity index (χ3v) is 8.56. The molecule has 0 radical (unpaired) electrons. The number of aryl methyl sites for hydroxylation is 2. The van der Waals surface area contributed by atoms with Gasteiger partial charge in [0, 0.05) is 68.8 Å². The number of rotatable bonds is 7. The van der Waals surface area contributed by atoms with Crippen molar-refractivity contribution in [1.82, 2.24) is 29.5 Å². The fourth-order valence-electron chi connectivity index (χ4n) is 6.48. The number of hydrogen-bond donors (Lipinski definition) is 3. The number of piperidine rings is 1. The summed E-state index contributed by atoms with van der Waals surface area (Å²) in [4.78, 5) is 13.7. The second kappa shape index (κ2) is 9.72. The zero-order chi connectivity index (χ0) is 23.8. The number of amides is 1. The Kier molecular flexibility index (Phi) is 6.69. The summed E-state index contributed by atoms with van der Waals surface area (Å²) in [6.45, 7) is 4.18. The molecule has 5 rings (SSSR count). The summed E-state index contributed by atoms with van der Waals surface area (Å²) in [5.41, 5.74) is 1.73. The standard InChI is InChI=1S/C26H41N7O/c1-17-6-8-28-22(12-17)24(19-4-5-19)30-25(34)21-14-18(16-33-11-10-31(2)26(33)27)13-20(15-21)23-7-9-29-32(23)3/h7,9-11,17-22,24,27-28H,4-6,8,12-16H2,1-3H3,(H,30,34). The van der Waals surface area contributed by atoms with Crippen molar-refractivity contribution in [3.63, 3.8) is 0 Å². The first kappa shape index (κ1) is 23.4. The van der Waals surface area contributed by atoms with Gasteiger partial charge in [0.25, 0.3) is 0 Å². The van der Waals surface area contributed by atoms with Crippen LogP contribution in [0.3, 0.4) is 0 Å². The lowest BCUT2D eigenvalue weighted by Crippen LogP contribution is -2.55. The zero-order valence-electron chi connectivity index (χ0n) is 20.9. The van der Waals surface area contributed by atoms with Crippen LogP contribution in [0.15, 0.2) is 24.7 Å². The van der Waals surface area contributed by atoms with Gasteiger partial charge in [-0.1, -0.05) is 6.92 Å². The highest BCUT2D eigenvalue weighted by atomic mass is 16.2. The van der Waals surface area contributed by atoms with Crippen LogP contribution < -0.4 is 16.3 Å². The molecule has 2 aromatic rings. The van der Waals surface area contributed by atoms with Crippen LogP contribution in [0.4, 0.5) is 0 Å². The first-order chi connectivity index (χ1) is 16.4. The number of nitrogens with zero attached hydrogens (tertiary/aromatic N) is 4. The van der Waals surface area contributed by atoms with E-state index in [4.69, 9.17) is 5.41 Å². The largest absolute Gasteiger partial charge is 0.351 e. The van der Waals surface area contributed by atoms with Crippen LogP contribution in [0.1, 0.15) is 63.5 Å². The summed E-state index contributed by atoms with van der Waals surface area (Å²) < 4.78 is 5.82. The Morgan fingerprint density at radius 3 is 2.68 bits per heavy atom. The maximum absolute atomic E-state index is 13.7. The van der Waals surface area contributed by atoms with Crippen molar-refractivity contribution in [2.75, 3.05) is 6.54 Å². The van der Waals surface area contributed by atoms with Crippen molar-refractivity contribution >= 4 is 5.91 Å². The molecule has 0 spiro atoms. The summed E-state index contributed by atoms with van der Waals surface area (Å²) in [5, 5.41) is 20.0. The Morgan fingerprint density at radius 2 is 2.03 bits per heavy atom. The Labute approximate surface area is 202 Å². The maximum atomic E-state index is 13.7. The van der Waals surface area contributed by atoms with Gasteiger partial charge in [0.15, 0.2) is 0 Å². The molecule has 3 N–H and O–H groups in total. The molecule has 3 heterocycles. The predicted octanol–water partition coefficient (Wildman–Crippen LogP) is 2.52. The summed E-state index contributed by atoms with van der Waals surface area (Å²) in [6.07, 6.45) is 13.4. The minimum atomic E-state index is -0.000546. The molecule has 1 aliphatic heterocycles. The molecule has 8 nitrogen and oxygen atoms in total. The lowest BCUT2D eigenvalue weighted by molar-refractivity contribution is -0.128. The van der Waals surface area contributed by atoms with Gasteiger partial charge in [0.2, 0.25) is 11.5 Å². The van der Waals surface area contributed by atoms with Gasteiger partial charge in [0.1, 0.15) is 0 Å². The Hall–Kier alpha value is -2.35. The van der Waals surface area contributed by atoms with Crippen molar-refractivity contribution in [1.29, 1.82) is 5.41 Å². The van der Waals surface area contributed by atoms with Gasteiger partial charge in [-0.25, -0.2) is 0 Å². The fraction of sp³-hybridized carbons (Fsp3) is 0.731. The van der Waals surface area contributed by atoms with Gasteiger partial charge in [-0.3, -0.25) is 14.9 Å². The molecule has 3 fully saturated rings. The van der Waals surface area contributed by atoms with E-state index in [9.17, 15) is 4.79 Å². The molecule has 6 atom stereocenters. The highest BCUT2D eigenvalue weighted by Crippen LogP contribution is 2.41. The van der Waals surface area contributed by atoms with E-state index in [1.54, 1.807) is 0 Å². The number of aromatic nitrogens is 4. The van der Waals surface area contributed by atoms with Crippen LogP contribution in [-0.2, 0) is 25.4 Å². The summed E-state index contributed by atoms with van der Waals surface area (Å²) in [5.74, 6) is 2.25. The number of carbonyl (C=O) groups excluding carboxylic acids is 1. The van der Waals surface area contributed by atoms with Gasteiger partial charge in [-0.05, 0) is 75.3 Å². The average Bonchev–Trinajstić information content (AvgIpc) is 3.50. The van der Waals surface area contributed by atoms with E-state index in [0.29, 0.717) is 29.4 Å². The summed E-state index contributed by atoms with van der Waals surface area (Å²) >= 11 is 0. The van der Waals surface area contributed by atoms with E-state index in [0.717, 1.165) is 44.7 Å². The Balaban J connectivity index is 1.33. The van der Waals surface area contributed by atoms with Gasteiger partial charge >= 0.3 is 0 Å². The normalized spacial score (nSPS) is 30.7.